The molecule has 1 heterocycles. The van der Waals surface area contributed by atoms with Gasteiger partial charge in [-0.3, -0.25) is 0 Å². The Labute approximate surface area is 182 Å². The van der Waals surface area contributed by atoms with Crippen LogP contribution >= 0.6 is 0 Å². The van der Waals surface area contributed by atoms with Crippen LogP contribution in [0.3, 0.4) is 0 Å². The van der Waals surface area contributed by atoms with Crippen molar-refractivity contribution in [2.75, 3.05) is 5.32 Å². The average Bonchev–Trinajstić information content (AvgIpc) is 2.71. The van der Waals surface area contributed by atoms with E-state index in [0.717, 1.165) is 6.07 Å². The van der Waals surface area contributed by atoms with E-state index in [1.807, 2.05) is 0 Å². The summed E-state index contributed by atoms with van der Waals surface area (Å²) in [5.74, 6) is -2.38. The second kappa shape index (κ2) is 7.58. The molecular formula is C23H23F4N3O2. The summed E-state index contributed by atoms with van der Waals surface area (Å²) in [4.78, 5) is 8.42. The minimum atomic E-state index is -4.99. The molecule has 0 saturated heterocycles. The van der Waals surface area contributed by atoms with Crippen molar-refractivity contribution >= 4 is 16.6 Å². The molecule has 0 amide bonds. The average molecular weight is 449 g/mol. The van der Waals surface area contributed by atoms with E-state index in [2.05, 4.69) is 15.3 Å². The van der Waals surface area contributed by atoms with E-state index >= 15 is 0 Å². The predicted molar refractivity (Wildman–Crippen MR) is 112 cm³/mol. The van der Waals surface area contributed by atoms with Crippen LogP contribution in [0.15, 0.2) is 36.5 Å². The molecule has 1 aliphatic rings. The highest BCUT2D eigenvalue weighted by atomic mass is 19.4. The van der Waals surface area contributed by atoms with Crippen LogP contribution in [-0.4, -0.2) is 32.0 Å². The number of aryl methyl sites for hydroxylation is 1. The van der Waals surface area contributed by atoms with Gasteiger partial charge in [-0.1, -0.05) is 26.0 Å². The van der Waals surface area contributed by atoms with Crippen molar-refractivity contribution < 1.29 is 27.8 Å². The predicted octanol–water partition coefficient (Wildman–Crippen LogP) is 5.37. The van der Waals surface area contributed by atoms with Gasteiger partial charge in [-0.2, -0.15) is 13.2 Å². The van der Waals surface area contributed by atoms with Crippen LogP contribution < -0.4 is 5.32 Å². The van der Waals surface area contributed by atoms with E-state index in [-0.39, 0.29) is 22.7 Å². The molecule has 3 atom stereocenters. The van der Waals surface area contributed by atoms with E-state index in [1.54, 1.807) is 39.0 Å². The highest BCUT2D eigenvalue weighted by Gasteiger charge is 2.63. The third-order valence-electron chi connectivity index (χ3n) is 6.23. The Morgan fingerprint density at radius 1 is 1.19 bits per heavy atom. The molecule has 0 spiro atoms. The number of aromatic nitrogens is 2. The third kappa shape index (κ3) is 3.44. The standard InChI is InChI=1S/C23H23F4N3O2/c1-11(2)14-9-22(32,23(25,26)27)21(13-7-8-16(24)20(31)19(13)14)30-18-6-4-5-17-15(18)10-28-12(3)29-17/h4-8,10-11,14,21,30-32H,9H2,1-3H3. The molecule has 5 nitrogen and oxygen atoms in total. The molecule has 3 N–H and O–H groups in total. The first-order chi connectivity index (χ1) is 14.9. The minimum absolute atomic E-state index is 0.00120. The maximum absolute atomic E-state index is 14.3. The number of benzene rings is 2. The highest BCUT2D eigenvalue weighted by Crippen LogP contribution is 2.56. The van der Waals surface area contributed by atoms with Gasteiger partial charge in [0.05, 0.1) is 11.6 Å². The van der Waals surface area contributed by atoms with Gasteiger partial charge in [0.25, 0.3) is 0 Å². The van der Waals surface area contributed by atoms with Crippen molar-refractivity contribution in [3.8, 4) is 5.75 Å². The number of rotatable bonds is 3. The Balaban J connectivity index is 1.94. The number of fused-ring (bicyclic) bond motifs is 2. The Bertz CT molecular complexity index is 1180. The number of aromatic hydroxyl groups is 1. The molecule has 1 aliphatic carbocycles. The van der Waals surface area contributed by atoms with Crippen LogP contribution in [0.25, 0.3) is 10.9 Å². The lowest BCUT2D eigenvalue weighted by atomic mass is 9.66. The van der Waals surface area contributed by atoms with Crippen LogP contribution in [0.5, 0.6) is 5.75 Å². The monoisotopic (exact) mass is 449 g/mol. The van der Waals surface area contributed by atoms with E-state index in [4.69, 9.17) is 0 Å². The zero-order valence-corrected chi connectivity index (χ0v) is 17.7. The number of hydrogen-bond donors (Lipinski definition) is 3. The number of nitrogens with one attached hydrogen (secondary N) is 1. The van der Waals surface area contributed by atoms with E-state index in [9.17, 15) is 27.8 Å². The normalized spacial score (nSPS) is 23.4. The molecule has 0 bridgehead atoms. The lowest BCUT2D eigenvalue weighted by molar-refractivity contribution is -0.273. The summed E-state index contributed by atoms with van der Waals surface area (Å²) < 4.78 is 57.1. The van der Waals surface area contributed by atoms with Gasteiger partial charge in [0, 0.05) is 22.8 Å². The van der Waals surface area contributed by atoms with Crippen molar-refractivity contribution in [1.82, 2.24) is 9.97 Å². The number of phenols is 1. The number of alkyl halides is 3. The summed E-state index contributed by atoms with van der Waals surface area (Å²) >= 11 is 0. The van der Waals surface area contributed by atoms with E-state index < -0.39 is 41.7 Å². The summed E-state index contributed by atoms with van der Waals surface area (Å²) in [6.07, 6.45) is -4.22. The van der Waals surface area contributed by atoms with Crippen LogP contribution in [0.2, 0.25) is 0 Å². The number of nitrogens with zero attached hydrogens (tertiary/aromatic N) is 2. The maximum atomic E-state index is 14.3. The summed E-state index contributed by atoms with van der Waals surface area (Å²) in [7, 11) is 0. The molecule has 170 valence electrons. The quantitative estimate of drug-likeness (QED) is 0.469. The zero-order valence-electron chi connectivity index (χ0n) is 17.7. The van der Waals surface area contributed by atoms with E-state index in [0.29, 0.717) is 16.7 Å². The molecule has 0 saturated carbocycles. The summed E-state index contributed by atoms with van der Waals surface area (Å²) in [5, 5.41) is 24.8. The molecule has 0 fully saturated rings. The Morgan fingerprint density at radius 3 is 2.56 bits per heavy atom. The van der Waals surface area contributed by atoms with Gasteiger partial charge in [-0.05, 0) is 48.9 Å². The molecular weight excluding hydrogens is 426 g/mol. The lowest BCUT2D eigenvalue weighted by Gasteiger charge is -2.47. The van der Waals surface area contributed by atoms with Gasteiger partial charge < -0.3 is 15.5 Å². The zero-order chi connectivity index (χ0) is 23.4. The van der Waals surface area contributed by atoms with Gasteiger partial charge in [0.15, 0.2) is 17.2 Å². The Morgan fingerprint density at radius 2 is 1.91 bits per heavy atom. The Kier molecular flexibility index (Phi) is 5.27. The molecule has 4 rings (SSSR count). The summed E-state index contributed by atoms with van der Waals surface area (Å²) in [6.45, 7) is 5.05. The molecule has 1 aromatic heterocycles. The number of anilines is 1. The third-order valence-corrected chi connectivity index (χ3v) is 6.23. The summed E-state index contributed by atoms with van der Waals surface area (Å²) in [5.41, 5.74) is -2.27. The first-order valence-corrected chi connectivity index (χ1v) is 10.2. The van der Waals surface area contributed by atoms with Crippen molar-refractivity contribution in [3.63, 3.8) is 0 Å². The van der Waals surface area contributed by atoms with Crippen molar-refractivity contribution in [2.45, 2.75) is 50.9 Å². The van der Waals surface area contributed by atoms with Gasteiger partial charge in [0.1, 0.15) is 5.82 Å². The van der Waals surface area contributed by atoms with Crippen molar-refractivity contribution in [1.29, 1.82) is 0 Å². The van der Waals surface area contributed by atoms with Crippen LogP contribution in [0, 0.1) is 18.7 Å². The van der Waals surface area contributed by atoms with Crippen LogP contribution in [0.1, 0.15) is 49.2 Å². The van der Waals surface area contributed by atoms with Gasteiger partial charge in [-0.25, -0.2) is 14.4 Å². The van der Waals surface area contributed by atoms with Gasteiger partial charge in [-0.15, -0.1) is 0 Å². The Hall–Kier alpha value is -2.94. The first-order valence-electron chi connectivity index (χ1n) is 10.2. The number of hydrogen-bond acceptors (Lipinski definition) is 5. The van der Waals surface area contributed by atoms with Crippen LogP contribution in [0.4, 0.5) is 23.2 Å². The summed E-state index contributed by atoms with van der Waals surface area (Å²) in [6, 6.07) is 5.32. The molecule has 3 aromatic rings. The fourth-order valence-electron chi connectivity index (χ4n) is 4.53. The molecule has 32 heavy (non-hydrogen) atoms. The highest BCUT2D eigenvalue weighted by molar-refractivity contribution is 5.91. The first kappa shape index (κ1) is 22.3. The number of aliphatic hydroxyl groups is 1. The molecule has 0 radical (unpaired) electrons. The van der Waals surface area contributed by atoms with E-state index in [1.165, 1.54) is 12.3 Å². The van der Waals surface area contributed by atoms with Crippen molar-refractivity contribution in [3.05, 3.63) is 59.3 Å². The van der Waals surface area contributed by atoms with Gasteiger partial charge >= 0.3 is 6.18 Å². The lowest BCUT2D eigenvalue weighted by Crippen LogP contribution is -2.56. The largest absolute Gasteiger partial charge is 0.505 e. The fraction of sp³-hybridized carbons (Fsp3) is 0.391. The second-order valence-corrected chi connectivity index (χ2v) is 8.61. The molecule has 9 heteroatoms. The minimum Gasteiger partial charge on any atom is -0.505 e. The van der Waals surface area contributed by atoms with Crippen molar-refractivity contribution in [2.24, 2.45) is 5.92 Å². The topological polar surface area (TPSA) is 78.3 Å². The molecule has 0 aliphatic heterocycles. The van der Waals surface area contributed by atoms with Crippen LogP contribution in [-0.2, 0) is 0 Å². The number of phenolic OH excluding ortho intramolecular Hbond substituents is 1. The molecule has 3 unspecified atom stereocenters. The molecule has 2 aromatic carbocycles. The maximum Gasteiger partial charge on any atom is 0.419 e. The SMILES string of the molecule is Cc1ncc2c(NC3c4ccc(F)c(O)c4C(C(C)C)CC3(O)C(F)(F)F)cccc2n1. The fourth-order valence-corrected chi connectivity index (χ4v) is 4.53. The second-order valence-electron chi connectivity index (χ2n) is 8.61. The number of halogens is 4. The van der Waals surface area contributed by atoms with Gasteiger partial charge in [0.2, 0.25) is 0 Å². The smallest absolute Gasteiger partial charge is 0.419 e.